The van der Waals surface area contributed by atoms with Gasteiger partial charge < -0.3 is 15.9 Å². The van der Waals surface area contributed by atoms with E-state index in [0.29, 0.717) is 6.41 Å². The number of carboxylic acid groups (broad SMARTS) is 2. The first-order valence-corrected chi connectivity index (χ1v) is 5.10. The second-order valence-electron chi connectivity index (χ2n) is 2.20. The Morgan fingerprint density at radius 2 is 1.93 bits per heavy atom. The van der Waals surface area contributed by atoms with Gasteiger partial charge in [-0.05, 0) is 6.42 Å². The van der Waals surface area contributed by atoms with Gasteiger partial charge in [-0.25, -0.2) is 0 Å². The number of rotatable bonds is 5. The van der Waals surface area contributed by atoms with Gasteiger partial charge in [0.2, 0.25) is 0 Å². The number of aliphatic carboxylic acids is 2. The molecule has 5 N–H and O–H groups in total. The van der Waals surface area contributed by atoms with Crippen molar-refractivity contribution >= 4 is 18.3 Å². The number of hydrogen-bond donors (Lipinski definition) is 4. The Kier molecular flexibility index (Phi) is 11.1. The van der Waals surface area contributed by atoms with Crippen molar-refractivity contribution in [1.29, 1.82) is 0 Å². The molecule has 0 fully saturated rings. The zero-order chi connectivity index (χ0) is 11.6. The van der Waals surface area contributed by atoms with Crippen LogP contribution in [0.3, 0.4) is 0 Å². The van der Waals surface area contributed by atoms with E-state index in [4.69, 9.17) is 20.7 Å². The van der Waals surface area contributed by atoms with Crippen LogP contribution in [0, 0.1) is 0 Å². The van der Waals surface area contributed by atoms with Crippen LogP contribution in [0.1, 0.15) is 12.8 Å². The minimum absolute atomic E-state index is 0.0231. The average molecular weight is 257 g/mol. The third-order valence-corrected chi connectivity index (χ3v) is 1.42. The van der Waals surface area contributed by atoms with Crippen molar-refractivity contribution < 1.29 is 43.1 Å². The van der Waals surface area contributed by atoms with E-state index in [1.54, 1.807) is 0 Å². The third-order valence-electron chi connectivity index (χ3n) is 1.07. The van der Waals surface area contributed by atoms with E-state index in [2.05, 4.69) is 4.06 Å². The van der Waals surface area contributed by atoms with Gasteiger partial charge in [-0.3, -0.25) is 9.59 Å². The van der Waals surface area contributed by atoms with Crippen molar-refractivity contribution in [3.05, 3.63) is 0 Å². The van der Waals surface area contributed by atoms with Crippen LogP contribution in [-0.2, 0) is 32.9 Å². The summed E-state index contributed by atoms with van der Waals surface area (Å²) in [6.45, 7) is 0. The van der Waals surface area contributed by atoms with Gasteiger partial charge in [0.25, 0.3) is 0 Å². The first-order chi connectivity index (χ1) is 6.45. The second-order valence-corrected chi connectivity index (χ2v) is 3.06. The van der Waals surface area contributed by atoms with Crippen molar-refractivity contribution in [1.82, 2.24) is 4.06 Å². The fourth-order valence-corrected chi connectivity index (χ4v) is 0.402. The zero-order valence-corrected chi connectivity index (χ0v) is 10.4. The van der Waals surface area contributed by atoms with E-state index in [-0.39, 0.29) is 12.8 Å². The van der Waals surface area contributed by atoms with Crippen LogP contribution in [0.2, 0.25) is 0 Å². The number of hydrogen-bond acceptors (Lipinski definition) is 4. The zero-order valence-electron chi connectivity index (χ0n) is 7.47. The Morgan fingerprint density at radius 3 is 2.14 bits per heavy atom. The first kappa shape index (κ1) is 15.5. The number of nitrogens with one attached hydrogen (secondary N) is 1. The van der Waals surface area contributed by atoms with E-state index in [9.17, 15) is 9.59 Å². The number of carbonyl (C=O) groups excluding carboxylic acids is 1. The van der Waals surface area contributed by atoms with Crippen LogP contribution < -0.4 is 9.79 Å². The van der Waals surface area contributed by atoms with Gasteiger partial charge >= 0.3 is 45.7 Å². The SMILES string of the molecule is N[C@@H](CCC(=O)O)C(=O)O.O=C[NH][Zn]. The molecule has 14 heavy (non-hydrogen) atoms. The summed E-state index contributed by atoms with van der Waals surface area (Å²) in [6.07, 6.45) is 0.456. The molecule has 0 spiro atoms. The minimum atomic E-state index is -1.17. The van der Waals surface area contributed by atoms with Crippen LogP contribution in [0.25, 0.3) is 0 Å². The molecule has 0 saturated carbocycles. The summed E-state index contributed by atoms with van der Waals surface area (Å²) in [4.78, 5) is 29.0. The summed E-state index contributed by atoms with van der Waals surface area (Å²) in [5.41, 5.74) is 5.00. The molecule has 0 aliphatic heterocycles. The van der Waals surface area contributed by atoms with Crippen molar-refractivity contribution in [2.24, 2.45) is 5.73 Å². The average Bonchev–Trinajstić information content (AvgIpc) is 2.14. The number of carbonyl (C=O) groups is 3. The number of carboxylic acids is 2. The molecule has 0 heterocycles. The normalized spacial score (nSPS) is 10.5. The van der Waals surface area contributed by atoms with Gasteiger partial charge in [-0.2, -0.15) is 0 Å². The Balaban J connectivity index is 0. The van der Waals surface area contributed by atoms with Crippen LogP contribution in [0.5, 0.6) is 0 Å². The topological polar surface area (TPSA) is 130 Å². The Hall–Kier alpha value is -1.01. The molecule has 8 heteroatoms. The summed E-state index contributed by atoms with van der Waals surface area (Å²) in [6, 6.07) is -1.06. The van der Waals surface area contributed by atoms with E-state index in [1.807, 2.05) is 0 Å². The van der Waals surface area contributed by atoms with Crippen LogP contribution in [0.4, 0.5) is 0 Å². The monoisotopic (exact) mass is 255 g/mol. The molecular weight excluding hydrogens is 245 g/mol. The van der Waals surface area contributed by atoms with E-state index in [1.165, 1.54) is 0 Å². The molecular formula is C6H11N2O5Zn. The van der Waals surface area contributed by atoms with Gasteiger partial charge in [-0.15, -0.1) is 0 Å². The molecule has 0 aliphatic carbocycles. The maximum absolute atomic E-state index is 9.99. The summed E-state index contributed by atoms with van der Waals surface area (Å²) in [5.74, 6) is -2.20. The van der Waals surface area contributed by atoms with E-state index in [0.717, 1.165) is 18.5 Å². The quantitative estimate of drug-likeness (QED) is 0.348. The first-order valence-electron chi connectivity index (χ1n) is 3.62. The molecule has 0 radical (unpaired) electrons. The molecule has 0 unspecified atom stereocenters. The Bertz CT molecular complexity index is 199. The fraction of sp³-hybridized carbons (Fsp3) is 0.500. The second kappa shape index (κ2) is 10.1. The van der Waals surface area contributed by atoms with E-state index < -0.39 is 18.0 Å². The Labute approximate surface area is 90.6 Å². The van der Waals surface area contributed by atoms with Crippen molar-refractivity contribution in [3.63, 3.8) is 0 Å². The van der Waals surface area contributed by atoms with E-state index >= 15 is 0 Å². The Morgan fingerprint density at radius 1 is 1.50 bits per heavy atom. The maximum atomic E-state index is 9.99. The van der Waals surface area contributed by atoms with Crippen LogP contribution in [0.15, 0.2) is 0 Å². The van der Waals surface area contributed by atoms with Gasteiger partial charge in [-0.1, -0.05) is 0 Å². The van der Waals surface area contributed by atoms with Crippen LogP contribution >= 0.6 is 0 Å². The third kappa shape index (κ3) is 13.6. The van der Waals surface area contributed by atoms with Gasteiger partial charge in [0.05, 0.1) is 0 Å². The molecule has 0 aromatic rings. The molecule has 7 nitrogen and oxygen atoms in total. The number of nitrogens with two attached hydrogens (primary N) is 1. The van der Waals surface area contributed by atoms with Crippen molar-refractivity contribution in [2.75, 3.05) is 0 Å². The summed E-state index contributed by atoms with van der Waals surface area (Å²) in [5, 5.41) is 16.3. The van der Waals surface area contributed by atoms with Crippen molar-refractivity contribution in [3.8, 4) is 0 Å². The van der Waals surface area contributed by atoms with Gasteiger partial charge in [0.1, 0.15) is 6.04 Å². The molecule has 1 atom stereocenters. The van der Waals surface area contributed by atoms with Crippen molar-refractivity contribution in [2.45, 2.75) is 18.9 Å². The summed E-state index contributed by atoms with van der Waals surface area (Å²) < 4.78 is 2.38. The molecule has 0 aliphatic rings. The van der Waals surface area contributed by atoms with Gasteiger partial charge in [0.15, 0.2) is 0 Å². The van der Waals surface area contributed by atoms with Crippen LogP contribution in [-0.4, -0.2) is 34.6 Å². The molecule has 0 saturated heterocycles. The number of amides is 1. The fourth-order valence-electron chi connectivity index (χ4n) is 0.402. The molecule has 1 amide bonds. The molecule has 0 aromatic carbocycles. The predicted octanol–water partition coefficient (Wildman–Crippen LogP) is -1.54. The van der Waals surface area contributed by atoms with Gasteiger partial charge in [0, 0.05) is 6.42 Å². The molecule has 0 aromatic heterocycles. The predicted molar refractivity (Wildman–Crippen MR) is 41.7 cm³/mol. The molecule has 77 valence electrons. The molecule has 0 rings (SSSR count). The summed E-state index contributed by atoms with van der Waals surface area (Å²) >= 11 is 0.851. The standard InChI is InChI=1S/C5H9NO4.CH3NO.Zn/c6-3(5(9)10)1-2-4(7)8;2-1-3;/h3H,1-2,6H2,(H,7,8)(H,9,10);1H,(H2,2,3);/q;;+1/p-1/t3-;;/m0../s1. The summed E-state index contributed by atoms with van der Waals surface area (Å²) in [7, 11) is 0. The molecule has 0 bridgehead atoms.